The van der Waals surface area contributed by atoms with Crippen LogP contribution in [0.15, 0.2) is 6.20 Å². The summed E-state index contributed by atoms with van der Waals surface area (Å²) in [5.41, 5.74) is 8.83. The first kappa shape index (κ1) is 15.0. The summed E-state index contributed by atoms with van der Waals surface area (Å²) in [6.07, 6.45) is 6.83. The van der Waals surface area contributed by atoms with Crippen molar-refractivity contribution < 1.29 is 4.74 Å². The fraction of sp³-hybridized carbons (Fsp3) is 0.812. The molecule has 1 saturated heterocycles. The molecule has 5 nitrogen and oxygen atoms in total. The lowest BCUT2D eigenvalue weighted by Crippen LogP contribution is -2.34. The summed E-state index contributed by atoms with van der Waals surface area (Å²) in [6.45, 7) is 5.97. The minimum absolute atomic E-state index is 0.593. The van der Waals surface area contributed by atoms with Crippen LogP contribution in [0.5, 0.6) is 0 Å². The zero-order chi connectivity index (χ0) is 14.7. The van der Waals surface area contributed by atoms with Gasteiger partial charge in [0.2, 0.25) is 0 Å². The Balaban J connectivity index is 1.58. The van der Waals surface area contributed by atoms with Gasteiger partial charge >= 0.3 is 0 Å². The highest BCUT2D eigenvalue weighted by molar-refractivity contribution is 5.19. The maximum absolute atomic E-state index is 6.02. The van der Waals surface area contributed by atoms with E-state index in [4.69, 9.17) is 10.5 Å². The third-order valence-electron chi connectivity index (χ3n) is 4.97. The monoisotopic (exact) mass is 292 g/mol. The molecule has 2 unspecified atom stereocenters. The Bertz CT molecular complexity index is 453. The Morgan fingerprint density at radius 1 is 1.52 bits per heavy atom. The number of aryl methyl sites for hydroxylation is 1. The van der Waals surface area contributed by atoms with E-state index < -0.39 is 0 Å². The molecular weight excluding hydrogens is 264 g/mol. The van der Waals surface area contributed by atoms with Crippen LogP contribution < -0.4 is 5.73 Å². The van der Waals surface area contributed by atoms with Crippen LogP contribution in [0.2, 0.25) is 0 Å². The van der Waals surface area contributed by atoms with Crippen LogP contribution in [0, 0.1) is 11.8 Å². The normalized spacial score (nSPS) is 24.8. The van der Waals surface area contributed by atoms with E-state index >= 15 is 0 Å². The standard InChI is InChI=1S/C16H28N4O/c1-19-16-3-2-5-20(11-15(16)9-18-19)10-14(8-17)7-13-4-6-21-12-13/h9,13-14H,2-8,10-12,17H2,1H3. The van der Waals surface area contributed by atoms with Crippen LogP contribution in [0.25, 0.3) is 0 Å². The first-order valence-corrected chi connectivity index (χ1v) is 8.26. The van der Waals surface area contributed by atoms with Crippen molar-refractivity contribution in [3.63, 3.8) is 0 Å². The first-order chi connectivity index (χ1) is 10.3. The van der Waals surface area contributed by atoms with E-state index in [1.165, 1.54) is 37.1 Å². The lowest BCUT2D eigenvalue weighted by molar-refractivity contribution is 0.170. The van der Waals surface area contributed by atoms with E-state index in [0.717, 1.165) is 45.2 Å². The molecule has 0 aliphatic carbocycles. The number of ether oxygens (including phenoxy) is 1. The molecule has 0 amide bonds. The average molecular weight is 292 g/mol. The topological polar surface area (TPSA) is 56.3 Å². The van der Waals surface area contributed by atoms with E-state index in [0.29, 0.717) is 5.92 Å². The van der Waals surface area contributed by atoms with Crippen molar-refractivity contribution in [2.75, 3.05) is 32.8 Å². The Morgan fingerprint density at radius 2 is 2.43 bits per heavy atom. The fourth-order valence-corrected chi connectivity index (χ4v) is 3.76. The molecule has 0 radical (unpaired) electrons. The van der Waals surface area contributed by atoms with Gasteiger partial charge in [0.15, 0.2) is 0 Å². The van der Waals surface area contributed by atoms with Gasteiger partial charge in [0, 0.05) is 44.6 Å². The van der Waals surface area contributed by atoms with Crippen LogP contribution in [0.1, 0.15) is 30.5 Å². The minimum atomic E-state index is 0.593. The minimum Gasteiger partial charge on any atom is -0.381 e. The molecule has 2 aliphatic rings. The molecule has 3 rings (SSSR count). The third-order valence-corrected chi connectivity index (χ3v) is 4.97. The average Bonchev–Trinajstić information content (AvgIpc) is 3.05. The molecule has 1 aromatic rings. The second-order valence-electron chi connectivity index (χ2n) is 6.65. The quantitative estimate of drug-likeness (QED) is 0.885. The van der Waals surface area contributed by atoms with Crippen LogP contribution in [0.3, 0.4) is 0 Å². The zero-order valence-electron chi connectivity index (χ0n) is 13.1. The molecule has 0 saturated carbocycles. The van der Waals surface area contributed by atoms with Crippen molar-refractivity contribution in [3.8, 4) is 0 Å². The molecule has 2 aliphatic heterocycles. The molecule has 0 spiro atoms. The summed E-state index contributed by atoms with van der Waals surface area (Å²) < 4.78 is 7.53. The molecule has 0 bridgehead atoms. The van der Waals surface area contributed by atoms with Gasteiger partial charge in [-0.25, -0.2) is 0 Å². The Hall–Kier alpha value is -0.910. The van der Waals surface area contributed by atoms with E-state index in [-0.39, 0.29) is 0 Å². The van der Waals surface area contributed by atoms with Crippen molar-refractivity contribution in [1.29, 1.82) is 0 Å². The highest BCUT2D eigenvalue weighted by Gasteiger charge is 2.23. The molecule has 0 aromatic carbocycles. The Morgan fingerprint density at radius 3 is 3.19 bits per heavy atom. The van der Waals surface area contributed by atoms with E-state index in [1.54, 1.807) is 0 Å². The van der Waals surface area contributed by atoms with Gasteiger partial charge in [0.05, 0.1) is 6.20 Å². The number of nitrogens with zero attached hydrogens (tertiary/aromatic N) is 3. The Kier molecular flexibility index (Phi) is 4.93. The van der Waals surface area contributed by atoms with Gasteiger partial charge < -0.3 is 10.5 Å². The van der Waals surface area contributed by atoms with Gasteiger partial charge in [-0.3, -0.25) is 9.58 Å². The summed E-state index contributed by atoms with van der Waals surface area (Å²) in [5.74, 6) is 1.31. The van der Waals surface area contributed by atoms with E-state index in [1.807, 2.05) is 10.9 Å². The summed E-state index contributed by atoms with van der Waals surface area (Å²) in [5, 5.41) is 4.41. The maximum Gasteiger partial charge on any atom is 0.0537 e. The van der Waals surface area contributed by atoms with Crippen molar-refractivity contribution >= 4 is 0 Å². The molecule has 1 aromatic heterocycles. The summed E-state index contributed by atoms with van der Waals surface area (Å²) in [6, 6.07) is 0. The number of nitrogens with two attached hydrogens (primary N) is 1. The van der Waals surface area contributed by atoms with Crippen LogP contribution >= 0.6 is 0 Å². The molecule has 1 fully saturated rings. The molecule has 118 valence electrons. The van der Waals surface area contributed by atoms with E-state index in [9.17, 15) is 0 Å². The highest BCUT2D eigenvalue weighted by atomic mass is 16.5. The number of hydrogen-bond donors (Lipinski definition) is 1. The maximum atomic E-state index is 6.02. The van der Waals surface area contributed by atoms with E-state index in [2.05, 4.69) is 17.0 Å². The molecule has 3 heterocycles. The second kappa shape index (κ2) is 6.90. The SMILES string of the molecule is Cn1ncc2c1CCCN(CC(CN)CC1CCOC1)C2. The van der Waals surface area contributed by atoms with Crippen molar-refractivity contribution in [1.82, 2.24) is 14.7 Å². The van der Waals surface area contributed by atoms with Gasteiger partial charge in [0.1, 0.15) is 0 Å². The largest absolute Gasteiger partial charge is 0.381 e. The predicted octanol–water partition coefficient (Wildman–Crippen LogP) is 1.17. The zero-order valence-corrected chi connectivity index (χ0v) is 13.1. The van der Waals surface area contributed by atoms with Gasteiger partial charge in [-0.05, 0) is 50.6 Å². The number of rotatable bonds is 5. The van der Waals surface area contributed by atoms with Gasteiger partial charge in [-0.2, -0.15) is 5.10 Å². The number of fused-ring (bicyclic) bond motifs is 1. The number of aromatic nitrogens is 2. The van der Waals surface area contributed by atoms with Crippen LogP contribution in [-0.4, -0.2) is 47.5 Å². The van der Waals surface area contributed by atoms with Crippen molar-refractivity contribution in [2.45, 2.75) is 32.2 Å². The molecule has 2 N–H and O–H groups in total. The van der Waals surface area contributed by atoms with Crippen molar-refractivity contribution in [3.05, 3.63) is 17.5 Å². The Labute approximate surface area is 127 Å². The van der Waals surface area contributed by atoms with Crippen LogP contribution in [0.4, 0.5) is 0 Å². The van der Waals surface area contributed by atoms with Gasteiger partial charge in [-0.15, -0.1) is 0 Å². The fourth-order valence-electron chi connectivity index (χ4n) is 3.76. The van der Waals surface area contributed by atoms with Crippen LogP contribution in [-0.2, 0) is 24.8 Å². The summed E-state index contributed by atoms with van der Waals surface area (Å²) in [4.78, 5) is 2.57. The molecular formula is C16H28N4O. The second-order valence-corrected chi connectivity index (χ2v) is 6.65. The molecule has 21 heavy (non-hydrogen) atoms. The lowest BCUT2D eigenvalue weighted by Gasteiger charge is -2.26. The molecule has 2 atom stereocenters. The first-order valence-electron chi connectivity index (χ1n) is 8.26. The van der Waals surface area contributed by atoms with Gasteiger partial charge in [-0.1, -0.05) is 0 Å². The summed E-state index contributed by atoms with van der Waals surface area (Å²) in [7, 11) is 2.05. The lowest BCUT2D eigenvalue weighted by atomic mass is 9.93. The summed E-state index contributed by atoms with van der Waals surface area (Å²) >= 11 is 0. The number of hydrogen-bond acceptors (Lipinski definition) is 4. The predicted molar refractivity (Wildman–Crippen MR) is 82.9 cm³/mol. The highest BCUT2D eigenvalue weighted by Crippen LogP contribution is 2.24. The van der Waals surface area contributed by atoms with Gasteiger partial charge in [0.25, 0.3) is 0 Å². The van der Waals surface area contributed by atoms with Crippen molar-refractivity contribution in [2.24, 2.45) is 24.6 Å². The smallest absolute Gasteiger partial charge is 0.0537 e. The molecule has 5 heteroatoms. The third kappa shape index (κ3) is 3.65.